The van der Waals surface area contributed by atoms with Crippen molar-refractivity contribution in [2.45, 2.75) is 19.9 Å². The summed E-state index contributed by atoms with van der Waals surface area (Å²) >= 11 is 1.27. The van der Waals surface area contributed by atoms with E-state index < -0.39 is 23.6 Å². The van der Waals surface area contributed by atoms with Gasteiger partial charge in [-0.25, -0.2) is 8.78 Å². The number of carbonyl (C=O) groups excluding carboxylic acids is 2. The van der Waals surface area contributed by atoms with Crippen LogP contribution in [0.25, 0.3) is 0 Å². The predicted molar refractivity (Wildman–Crippen MR) is 85.4 cm³/mol. The lowest BCUT2D eigenvalue weighted by Crippen LogP contribution is -2.46. The van der Waals surface area contributed by atoms with Gasteiger partial charge in [0.05, 0.1) is 4.88 Å². The average Bonchev–Trinajstić information content (AvgIpc) is 3.02. The van der Waals surface area contributed by atoms with Gasteiger partial charge in [-0.3, -0.25) is 9.59 Å². The molecule has 2 N–H and O–H groups in total. The van der Waals surface area contributed by atoms with Gasteiger partial charge in [-0.1, -0.05) is 19.9 Å². The van der Waals surface area contributed by atoms with Crippen LogP contribution in [0, 0.1) is 17.6 Å². The Balaban J connectivity index is 2.09. The molecule has 1 atom stereocenters. The second-order valence-electron chi connectivity index (χ2n) is 5.29. The molecule has 0 aliphatic heterocycles. The van der Waals surface area contributed by atoms with Gasteiger partial charge in [0.2, 0.25) is 5.91 Å². The molecule has 1 aromatic carbocycles. The lowest BCUT2D eigenvalue weighted by Gasteiger charge is -2.21. The number of nitrogens with one attached hydrogen (secondary N) is 2. The van der Waals surface area contributed by atoms with E-state index in [-0.39, 0.29) is 17.5 Å². The van der Waals surface area contributed by atoms with Gasteiger partial charge >= 0.3 is 0 Å². The van der Waals surface area contributed by atoms with Gasteiger partial charge in [0.25, 0.3) is 5.91 Å². The molecule has 0 saturated heterocycles. The van der Waals surface area contributed by atoms with Crippen LogP contribution < -0.4 is 10.6 Å². The molecule has 2 rings (SSSR count). The minimum atomic E-state index is -1.05. The van der Waals surface area contributed by atoms with Crippen molar-refractivity contribution in [3.8, 4) is 0 Å². The fourth-order valence-electron chi connectivity index (χ4n) is 1.95. The molecule has 2 aromatic rings. The van der Waals surface area contributed by atoms with Crippen molar-refractivity contribution >= 4 is 28.8 Å². The van der Waals surface area contributed by atoms with E-state index in [2.05, 4.69) is 10.6 Å². The summed E-state index contributed by atoms with van der Waals surface area (Å²) < 4.78 is 26.1. The maximum absolute atomic E-state index is 13.2. The highest BCUT2D eigenvalue weighted by molar-refractivity contribution is 7.12. The number of thiophene rings is 1. The van der Waals surface area contributed by atoms with Crippen LogP contribution in [0.15, 0.2) is 35.7 Å². The molecule has 0 aliphatic rings. The Labute approximate surface area is 136 Å². The van der Waals surface area contributed by atoms with E-state index in [0.29, 0.717) is 4.88 Å². The van der Waals surface area contributed by atoms with Crippen LogP contribution in [0.2, 0.25) is 0 Å². The highest BCUT2D eigenvalue weighted by Crippen LogP contribution is 2.15. The first-order valence-corrected chi connectivity index (χ1v) is 7.86. The third kappa shape index (κ3) is 4.35. The van der Waals surface area contributed by atoms with Gasteiger partial charge < -0.3 is 10.6 Å². The van der Waals surface area contributed by atoms with E-state index >= 15 is 0 Å². The lowest BCUT2D eigenvalue weighted by atomic mass is 10.0. The zero-order chi connectivity index (χ0) is 17.0. The van der Waals surface area contributed by atoms with Crippen molar-refractivity contribution in [1.82, 2.24) is 5.32 Å². The van der Waals surface area contributed by atoms with Crippen LogP contribution in [-0.2, 0) is 4.79 Å². The first-order valence-electron chi connectivity index (χ1n) is 6.98. The maximum Gasteiger partial charge on any atom is 0.262 e. The second kappa shape index (κ2) is 7.32. The smallest absolute Gasteiger partial charge is 0.262 e. The molecule has 1 heterocycles. The fraction of sp³-hybridized carbons (Fsp3) is 0.250. The van der Waals surface area contributed by atoms with E-state index in [1.54, 1.807) is 31.4 Å². The molecule has 2 amide bonds. The largest absolute Gasteiger partial charge is 0.339 e. The van der Waals surface area contributed by atoms with E-state index in [0.717, 1.165) is 12.1 Å². The van der Waals surface area contributed by atoms with Crippen molar-refractivity contribution in [1.29, 1.82) is 0 Å². The Morgan fingerprint density at radius 2 is 1.87 bits per heavy atom. The maximum atomic E-state index is 13.2. The standard InChI is InChI=1S/C16H16F2N2O2S/c1-9(2)14(20-15(21)13-4-3-7-23-13)16(22)19-10-5-6-11(17)12(18)8-10/h3-9,14H,1-2H3,(H,19,22)(H,20,21)/t14-/m1/s1. The van der Waals surface area contributed by atoms with Crippen molar-refractivity contribution in [3.05, 3.63) is 52.2 Å². The van der Waals surface area contributed by atoms with E-state index in [1.165, 1.54) is 17.4 Å². The Morgan fingerprint density at radius 1 is 1.13 bits per heavy atom. The summed E-state index contributed by atoms with van der Waals surface area (Å²) in [5, 5.41) is 6.91. The molecular weight excluding hydrogens is 322 g/mol. The van der Waals surface area contributed by atoms with E-state index in [1.807, 2.05) is 0 Å². The number of halogens is 2. The number of anilines is 1. The average molecular weight is 338 g/mol. The van der Waals surface area contributed by atoms with Crippen molar-refractivity contribution in [3.63, 3.8) is 0 Å². The Kier molecular flexibility index (Phi) is 5.44. The summed E-state index contributed by atoms with van der Waals surface area (Å²) in [7, 11) is 0. The van der Waals surface area contributed by atoms with Crippen LogP contribution in [-0.4, -0.2) is 17.9 Å². The zero-order valence-electron chi connectivity index (χ0n) is 12.6. The molecule has 0 aliphatic carbocycles. The highest BCUT2D eigenvalue weighted by atomic mass is 32.1. The Hall–Kier alpha value is -2.28. The highest BCUT2D eigenvalue weighted by Gasteiger charge is 2.25. The number of amides is 2. The number of carbonyl (C=O) groups is 2. The van der Waals surface area contributed by atoms with Crippen LogP contribution in [0.3, 0.4) is 0 Å². The van der Waals surface area contributed by atoms with Crippen molar-refractivity contribution in [2.75, 3.05) is 5.32 Å². The van der Waals surface area contributed by atoms with Gasteiger partial charge in [0, 0.05) is 11.8 Å². The molecule has 0 fully saturated rings. The lowest BCUT2D eigenvalue weighted by molar-refractivity contribution is -0.118. The minimum absolute atomic E-state index is 0.130. The second-order valence-corrected chi connectivity index (χ2v) is 6.24. The molecular formula is C16H16F2N2O2S. The molecule has 122 valence electrons. The first-order chi connectivity index (χ1) is 10.9. The number of hydrogen-bond acceptors (Lipinski definition) is 3. The van der Waals surface area contributed by atoms with Gasteiger partial charge in [-0.15, -0.1) is 11.3 Å². The monoisotopic (exact) mass is 338 g/mol. The van der Waals surface area contributed by atoms with Crippen LogP contribution >= 0.6 is 11.3 Å². The molecule has 4 nitrogen and oxygen atoms in total. The Bertz CT molecular complexity index is 702. The molecule has 0 saturated carbocycles. The third-order valence-electron chi connectivity index (χ3n) is 3.17. The van der Waals surface area contributed by atoms with Crippen LogP contribution in [0.4, 0.5) is 14.5 Å². The van der Waals surface area contributed by atoms with Gasteiger partial charge in [-0.05, 0) is 29.5 Å². The topological polar surface area (TPSA) is 58.2 Å². The molecule has 0 spiro atoms. The number of benzene rings is 1. The van der Waals surface area contributed by atoms with Gasteiger partial charge in [0.15, 0.2) is 11.6 Å². The molecule has 0 unspecified atom stereocenters. The molecule has 0 radical (unpaired) electrons. The summed E-state index contributed by atoms with van der Waals surface area (Å²) in [5.41, 5.74) is 0.130. The van der Waals surface area contributed by atoms with E-state index in [4.69, 9.17) is 0 Å². The van der Waals surface area contributed by atoms with Gasteiger partial charge in [-0.2, -0.15) is 0 Å². The first kappa shape index (κ1) is 17.1. The van der Waals surface area contributed by atoms with Crippen molar-refractivity contribution < 1.29 is 18.4 Å². The van der Waals surface area contributed by atoms with E-state index in [9.17, 15) is 18.4 Å². The fourth-order valence-corrected chi connectivity index (χ4v) is 2.58. The summed E-state index contributed by atoms with van der Waals surface area (Å²) in [4.78, 5) is 24.9. The summed E-state index contributed by atoms with van der Waals surface area (Å²) in [5.74, 6) is -3.06. The Morgan fingerprint density at radius 3 is 2.43 bits per heavy atom. The predicted octanol–water partition coefficient (Wildman–Crippen LogP) is 3.42. The minimum Gasteiger partial charge on any atom is -0.339 e. The molecule has 0 bridgehead atoms. The number of hydrogen-bond donors (Lipinski definition) is 2. The van der Waals surface area contributed by atoms with Crippen LogP contribution in [0.5, 0.6) is 0 Å². The molecule has 23 heavy (non-hydrogen) atoms. The van der Waals surface area contributed by atoms with Gasteiger partial charge in [0.1, 0.15) is 6.04 Å². The SMILES string of the molecule is CC(C)[C@@H](NC(=O)c1cccs1)C(=O)Nc1ccc(F)c(F)c1. The third-order valence-corrected chi connectivity index (χ3v) is 4.04. The summed E-state index contributed by atoms with van der Waals surface area (Å²) in [6.45, 7) is 3.56. The molecule has 7 heteroatoms. The zero-order valence-corrected chi connectivity index (χ0v) is 13.4. The molecule has 1 aromatic heterocycles. The van der Waals surface area contributed by atoms with Crippen molar-refractivity contribution in [2.24, 2.45) is 5.92 Å². The quantitative estimate of drug-likeness (QED) is 0.878. The normalized spacial score (nSPS) is 12.0. The number of rotatable bonds is 5. The summed E-state index contributed by atoms with van der Waals surface area (Å²) in [6.07, 6.45) is 0. The summed E-state index contributed by atoms with van der Waals surface area (Å²) in [6, 6.07) is 5.69. The van der Waals surface area contributed by atoms with Crippen LogP contribution in [0.1, 0.15) is 23.5 Å².